The molecule has 1 aliphatic heterocycles. The standard InChI is InChI=1S/C26H23Cl2FN6O4/c1-12(2)21-19-20(32-35(21)18-10-30-26(39-5)31-23(18)38-4)25(37)34(14-9-16(28)24(36)33(3)11-14)22(19)13-6-7-15(27)17(29)8-13/h6-12,22H,1-5H3. The van der Waals surface area contributed by atoms with Crippen LogP contribution in [0.25, 0.3) is 5.69 Å². The molecule has 3 aromatic heterocycles. The Balaban J connectivity index is 1.80. The Morgan fingerprint density at radius 2 is 1.82 bits per heavy atom. The summed E-state index contributed by atoms with van der Waals surface area (Å²) in [6.07, 6.45) is 2.99. The van der Waals surface area contributed by atoms with Crippen molar-refractivity contribution in [3.63, 3.8) is 0 Å². The highest BCUT2D eigenvalue weighted by Gasteiger charge is 2.45. The predicted molar refractivity (Wildman–Crippen MR) is 143 cm³/mol. The minimum Gasteiger partial charge on any atom is -0.479 e. The molecular weight excluding hydrogens is 550 g/mol. The highest BCUT2D eigenvalue weighted by molar-refractivity contribution is 6.31. The zero-order valence-corrected chi connectivity index (χ0v) is 23.1. The Kier molecular flexibility index (Phi) is 6.81. The van der Waals surface area contributed by atoms with Gasteiger partial charge in [0.2, 0.25) is 5.88 Å². The average Bonchev–Trinajstić information content (AvgIpc) is 3.43. The van der Waals surface area contributed by atoms with Crippen LogP contribution < -0.4 is 19.9 Å². The molecule has 0 radical (unpaired) electrons. The van der Waals surface area contributed by atoms with Gasteiger partial charge in [-0.2, -0.15) is 10.1 Å². The second-order valence-corrected chi connectivity index (χ2v) is 9.99. The van der Waals surface area contributed by atoms with Crippen LogP contribution in [0.1, 0.15) is 53.1 Å². The van der Waals surface area contributed by atoms with Gasteiger partial charge in [0.1, 0.15) is 16.5 Å². The van der Waals surface area contributed by atoms with Crippen LogP contribution in [0.2, 0.25) is 10.0 Å². The van der Waals surface area contributed by atoms with E-state index in [9.17, 15) is 14.0 Å². The van der Waals surface area contributed by atoms with Gasteiger partial charge in [-0.05, 0) is 29.7 Å². The molecule has 0 spiro atoms. The number of benzene rings is 1. The Morgan fingerprint density at radius 1 is 1.08 bits per heavy atom. The minimum absolute atomic E-state index is 0.0557. The number of nitrogens with zero attached hydrogens (tertiary/aromatic N) is 6. The first-order chi connectivity index (χ1) is 18.6. The lowest BCUT2D eigenvalue weighted by Crippen LogP contribution is -2.32. The second-order valence-electron chi connectivity index (χ2n) is 9.18. The molecule has 1 atom stereocenters. The lowest BCUT2D eigenvalue weighted by atomic mass is 9.94. The summed E-state index contributed by atoms with van der Waals surface area (Å²) in [6.45, 7) is 3.89. The van der Waals surface area contributed by atoms with Crippen molar-refractivity contribution in [2.24, 2.45) is 7.05 Å². The van der Waals surface area contributed by atoms with Gasteiger partial charge < -0.3 is 14.0 Å². The van der Waals surface area contributed by atoms with E-state index in [1.807, 2.05) is 13.8 Å². The molecule has 5 rings (SSSR count). The van der Waals surface area contributed by atoms with E-state index in [1.165, 1.54) is 61.3 Å². The minimum atomic E-state index is -0.816. The van der Waals surface area contributed by atoms with Crippen molar-refractivity contribution in [1.29, 1.82) is 0 Å². The van der Waals surface area contributed by atoms with Gasteiger partial charge in [0.05, 0.1) is 42.9 Å². The third-order valence-corrected chi connectivity index (χ3v) is 7.02. The summed E-state index contributed by atoms with van der Waals surface area (Å²) in [7, 11) is 4.42. The number of pyridine rings is 1. The molecule has 10 nitrogen and oxygen atoms in total. The fourth-order valence-electron chi connectivity index (χ4n) is 4.76. The van der Waals surface area contributed by atoms with E-state index >= 15 is 0 Å². The summed E-state index contributed by atoms with van der Waals surface area (Å²) < 4.78 is 28.2. The molecule has 39 heavy (non-hydrogen) atoms. The molecule has 1 aromatic carbocycles. The van der Waals surface area contributed by atoms with Crippen LogP contribution in [-0.2, 0) is 7.05 Å². The van der Waals surface area contributed by atoms with Crippen LogP contribution in [0.4, 0.5) is 10.1 Å². The van der Waals surface area contributed by atoms with Crippen molar-refractivity contribution >= 4 is 34.8 Å². The summed E-state index contributed by atoms with van der Waals surface area (Å²) in [4.78, 5) is 36.2. The molecule has 1 aliphatic rings. The Morgan fingerprint density at radius 3 is 2.44 bits per heavy atom. The summed E-state index contributed by atoms with van der Waals surface area (Å²) in [6, 6.07) is 5.06. The first-order valence-electron chi connectivity index (χ1n) is 11.8. The molecule has 202 valence electrons. The first kappa shape index (κ1) is 26.6. The number of hydrogen-bond acceptors (Lipinski definition) is 7. The van der Waals surface area contributed by atoms with Gasteiger partial charge in [-0.15, -0.1) is 0 Å². The largest absolute Gasteiger partial charge is 0.479 e. The topological polar surface area (TPSA) is 104 Å². The molecule has 4 aromatic rings. The van der Waals surface area contributed by atoms with Crippen molar-refractivity contribution < 1.29 is 18.7 Å². The number of anilines is 1. The summed E-state index contributed by atoms with van der Waals surface area (Å²) in [5.41, 5.74) is 2.12. The number of fused-ring (bicyclic) bond motifs is 1. The van der Waals surface area contributed by atoms with E-state index in [4.69, 9.17) is 32.7 Å². The average molecular weight is 573 g/mol. The number of rotatable bonds is 6. The van der Waals surface area contributed by atoms with E-state index in [0.717, 1.165) is 0 Å². The van der Waals surface area contributed by atoms with Crippen molar-refractivity contribution in [1.82, 2.24) is 24.3 Å². The van der Waals surface area contributed by atoms with Gasteiger partial charge in [0, 0.05) is 18.8 Å². The molecule has 0 aliphatic carbocycles. The van der Waals surface area contributed by atoms with Crippen LogP contribution in [0, 0.1) is 5.82 Å². The Bertz CT molecular complexity index is 1660. The highest BCUT2D eigenvalue weighted by atomic mass is 35.5. The number of methoxy groups -OCH3 is 2. The lowest BCUT2D eigenvalue weighted by Gasteiger charge is -2.28. The second kappa shape index (κ2) is 9.97. The molecule has 1 amide bonds. The monoisotopic (exact) mass is 572 g/mol. The van der Waals surface area contributed by atoms with E-state index < -0.39 is 23.3 Å². The van der Waals surface area contributed by atoms with Crippen molar-refractivity contribution in [2.75, 3.05) is 19.1 Å². The SMILES string of the molecule is COc1ncc(-n2nc3c(c2C(C)C)C(c2ccc(Cl)c(F)c2)N(c2cc(Cl)c(=O)n(C)c2)C3=O)c(OC)n1. The normalized spacial score (nSPS) is 14.7. The molecule has 4 heterocycles. The van der Waals surface area contributed by atoms with Crippen LogP contribution in [-0.4, -0.2) is 44.4 Å². The van der Waals surface area contributed by atoms with Crippen LogP contribution in [0.5, 0.6) is 11.9 Å². The Labute approximate surface area is 232 Å². The van der Waals surface area contributed by atoms with E-state index in [-0.39, 0.29) is 33.5 Å². The summed E-state index contributed by atoms with van der Waals surface area (Å²) >= 11 is 12.2. The van der Waals surface area contributed by atoms with Gasteiger partial charge in [-0.3, -0.25) is 14.5 Å². The van der Waals surface area contributed by atoms with Gasteiger partial charge in [-0.1, -0.05) is 43.1 Å². The van der Waals surface area contributed by atoms with Crippen molar-refractivity contribution in [2.45, 2.75) is 25.8 Å². The number of halogens is 3. The smallest absolute Gasteiger partial charge is 0.319 e. The molecule has 13 heteroatoms. The van der Waals surface area contributed by atoms with Gasteiger partial charge in [0.15, 0.2) is 5.69 Å². The zero-order chi connectivity index (χ0) is 28.2. The zero-order valence-electron chi connectivity index (χ0n) is 21.6. The molecule has 0 saturated carbocycles. The van der Waals surface area contributed by atoms with Crippen LogP contribution in [0.3, 0.4) is 0 Å². The molecule has 0 fully saturated rings. The molecule has 0 N–H and O–H groups in total. The lowest BCUT2D eigenvalue weighted by molar-refractivity contribution is 0.0988. The fraction of sp³-hybridized carbons (Fsp3) is 0.269. The maximum absolute atomic E-state index is 14.7. The Hall–Kier alpha value is -3.96. The molecule has 0 bridgehead atoms. The van der Waals surface area contributed by atoms with Gasteiger partial charge in [-0.25, -0.2) is 14.1 Å². The number of aromatic nitrogens is 5. The number of aryl methyl sites for hydroxylation is 1. The third-order valence-electron chi connectivity index (χ3n) is 6.44. The highest BCUT2D eigenvalue weighted by Crippen LogP contribution is 2.46. The van der Waals surface area contributed by atoms with Crippen LogP contribution >= 0.6 is 23.2 Å². The molecule has 0 saturated heterocycles. The third kappa shape index (κ3) is 4.31. The van der Waals surface area contributed by atoms with Crippen molar-refractivity contribution in [3.05, 3.63) is 85.4 Å². The number of carbonyl (C=O) groups excluding carboxylic acids is 1. The summed E-state index contributed by atoms with van der Waals surface area (Å²) in [5.74, 6) is -1.08. The first-order valence-corrected chi connectivity index (χ1v) is 12.6. The van der Waals surface area contributed by atoms with Crippen molar-refractivity contribution in [3.8, 4) is 17.6 Å². The number of amides is 1. The summed E-state index contributed by atoms with van der Waals surface area (Å²) in [5, 5.41) is 4.56. The maximum Gasteiger partial charge on any atom is 0.319 e. The number of hydrogen-bond donors (Lipinski definition) is 0. The van der Waals surface area contributed by atoms with E-state index in [0.29, 0.717) is 28.2 Å². The van der Waals surface area contributed by atoms with Crippen LogP contribution in [0.15, 0.2) is 41.5 Å². The molecule has 1 unspecified atom stereocenters. The van der Waals surface area contributed by atoms with E-state index in [1.54, 1.807) is 10.7 Å². The van der Waals surface area contributed by atoms with E-state index in [2.05, 4.69) is 15.1 Å². The van der Waals surface area contributed by atoms with Gasteiger partial charge in [0.25, 0.3) is 11.5 Å². The number of carbonyl (C=O) groups is 1. The maximum atomic E-state index is 14.7. The quantitative estimate of drug-likeness (QED) is 0.330. The number of ether oxygens (including phenoxy) is 2. The fourth-order valence-corrected chi connectivity index (χ4v) is 5.12. The van der Waals surface area contributed by atoms with Gasteiger partial charge >= 0.3 is 6.01 Å². The molecular formula is C26H23Cl2FN6O4. The predicted octanol–water partition coefficient (Wildman–Crippen LogP) is 4.70.